The molecular formula is C18H17ClN2O6. The van der Waals surface area contributed by atoms with Gasteiger partial charge in [0.1, 0.15) is 0 Å². The second-order valence-corrected chi connectivity index (χ2v) is 6.08. The van der Waals surface area contributed by atoms with Gasteiger partial charge >= 0.3 is 11.7 Å². The number of rotatable bonds is 6. The number of carbonyl (C=O) groups is 2. The number of nitro groups is 1. The number of hydrogen-bond acceptors (Lipinski definition) is 6. The Labute approximate surface area is 160 Å². The van der Waals surface area contributed by atoms with E-state index in [9.17, 15) is 19.7 Å². The first-order valence-electron chi connectivity index (χ1n) is 7.83. The quantitative estimate of drug-likeness (QED) is 0.455. The molecule has 8 nitrogen and oxygen atoms in total. The van der Waals surface area contributed by atoms with Crippen LogP contribution in [0.4, 0.5) is 11.4 Å². The molecule has 0 aliphatic rings. The number of nitrogens with zero attached hydrogens (tertiary/aromatic N) is 1. The van der Waals surface area contributed by atoms with Gasteiger partial charge in [-0.15, -0.1) is 0 Å². The molecule has 2 aromatic carbocycles. The lowest BCUT2D eigenvalue weighted by Crippen LogP contribution is -2.30. The molecule has 142 valence electrons. The number of amides is 1. The number of methoxy groups -OCH3 is 1. The summed E-state index contributed by atoms with van der Waals surface area (Å²) in [6, 6.07) is 8.64. The number of anilines is 1. The average Bonchev–Trinajstić information content (AvgIpc) is 2.64. The maximum Gasteiger partial charge on any atom is 0.338 e. The molecule has 2 aromatic rings. The van der Waals surface area contributed by atoms with Crippen LogP contribution in [0.1, 0.15) is 22.8 Å². The first-order chi connectivity index (χ1) is 12.7. The number of nitrogens with one attached hydrogen (secondary N) is 1. The summed E-state index contributed by atoms with van der Waals surface area (Å²) in [5, 5.41) is 14.4. The first kappa shape index (κ1) is 20.2. The van der Waals surface area contributed by atoms with Crippen molar-refractivity contribution in [3.63, 3.8) is 0 Å². The lowest BCUT2D eigenvalue weighted by atomic mass is 10.2. The monoisotopic (exact) mass is 392 g/mol. The highest BCUT2D eigenvalue weighted by atomic mass is 35.5. The van der Waals surface area contributed by atoms with Crippen molar-refractivity contribution in [1.29, 1.82) is 0 Å². The van der Waals surface area contributed by atoms with Crippen molar-refractivity contribution in [2.75, 3.05) is 12.4 Å². The molecule has 0 bridgehead atoms. The standard InChI is InChI=1S/C18H17ClN2O6/c1-10-4-6-13(19)9-14(10)20-17(22)11(2)27-16-7-5-12(18(23)26-3)8-15(16)21(24)25/h4-9,11H,1-3H3,(H,20,22)/t11-/m0/s1. The number of aryl methyl sites for hydroxylation is 1. The predicted octanol–water partition coefficient (Wildman–Crippen LogP) is 3.75. The van der Waals surface area contributed by atoms with Gasteiger partial charge in [-0.25, -0.2) is 4.79 Å². The van der Waals surface area contributed by atoms with Gasteiger partial charge < -0.3 is 14.8 Å². The Morgan fingerprint density at radius 2 is 1.93 bits per heavy atom. The summed E-state index contributed by atoms with van der Waals surface area (Å²) in [7, 11) is 1.17. The molecular weight excluding hydrogens is 376 g/mol. The van der Waals surface area contributed by atoms with Crippen LogP contribution in [0, 0.1) is 17.0 Å². The minimum absolute atomic E-state index is 0.00297. The molecule has 1 N–H and O–H groups in total. The van der Waals surface area contributed by atoms with Crippen LogP contribution in [0.5, 0.6) is 5.75 Å². The SMILES string of the molecule is COC(=O)c1ccc(O[C@@H](C)C(=O)Nc2cc(Cl)ccc2C)c([N+](=O)[O-])c1. The molecule has 1 amide bonds. The number of ether oxygens (including phenoxy) is 2. The molecule has 0 unspecified atom stereocenters. The van der Waals surface area contributed by atoms with Gasteiger partial charge in [0.25, 0.3) is 5.91 Å². The molecule has 0 heterocycles. The predicted molar refractivity (Wildman–Crippen MR) is 99.3 cm³/mol. The molecule has 0 saturated heterocycles. The Balaban J connectivity index is 2.20. The lowest BCUT2D eigenvalue weighted by Gasteiger charge is -2.16. The Morgan fingerprint density at radius 1 is 1.22 bits per heavy atom. The summed E-state index contributed by atoms with van der Waals surface area (Å²) in [4.78, 5) is 34.5. The van der Waals surface area contributed by atoms with E-state index in [4.69, 9.17) is 16.3 Å². The number of halogens is 1. The number of esters is 1. The van der Waals surface area contributed by atoms with E-state index in [1.54, 1.807) is 25.1 Å². The van der Waals surface area contributed by atoms with Crippen LogP contribution < -0.4 is 10.1 Å². The smallest absolute Gasteiger partial charge is 0.338 e. The van der Waals surface area contributed by atoms with Crippen molar-refractivity contribution in [2.45, 2.75) is 20.0 Å². The minimum atomic E-state index is -1.04. The van der Waals surface area contributed by atoms with Gasteiger partial charge in [-0.3, -0.25) is 14.9 Å². The van der Waals surface area contributed by atoms with E-state index in [1.165, 1.54) is 26.2 Å². The largest absolute Gasteiger partial charge is 0.474 e. The highest BCUT2D eigenvalue weighted by Crippen LogP contribution is 2.29. The van der Waals surface area contributed by atoms with E-state index in [2.05, 4.69) is 10.1 Å². The van der Waals surface area contributed by atoms with Gasteiger partial charge in [0, 0.05) is 16.8 Å². The Morgan fingerprint density at radius 3 is 2.56 bits per heavy atom. The van der Waals surface area contributed by atoms with E-state index in [1.807, 2.05) is 0 Å². The van der Waals surface area contributed by atoms with E-state index < -0.39 is 28.6 Å². The van der Waals surface area contributed by atoms with Gasteiger partial charge in [-0.2, -0.15) is 0 Å². The first-order valence-corrected chi connectivity index (χ1v) is 8.21. The lowest BCUT2D eigenvalue weighted by molar-refractivity contribution is -0.386. The van der Waals surface area contributed by atoms with Gasteiger partial charge in [-0.05, 0) is 43.7 Å². The summed E-state index contributed by atoms with van der Waals surface area (Å²) >= 11 is 5.92. The Hall–Kier alpha value is -3.13. The molecule has 0 aromatic heterocycles. The summed E-state index contributed by atoms with van der Waals surface area (Å²) in [6.07, 6.45) is -1.04. The van der Waals surface area contributed by atoms with Crippen LogP contribution in [0.15, 0.2) is 36.4 Å². The third-order valence-electron chi connectivity index (χ3n) is 3.71. The average molecular weight is 393 g/mol. The zero-order valence-corrected chi connectivity index (χ0v) is 15.6. The second kappa shape index (κ2) is 8.50. The molecule has 0 aliphatic carbocycles. The minimum Gasteiger partial charge on any atom is -0.474 e. The summed E-state index contributed by atoms with van der Waals surface area (Å²) < 4.78 is 9.98. The van der Waals surface area contributed by atoms with Crippen molar-refractivity contribution in [3.05, 3.63) is 62.7 Å². The van der Waals surface area contributed by atoms with E-state index in [0.29, 0.717) is 10.7 Å². The van der Waals surface area contributed by atoms with Crippen LogP contribution in [0.3, 0.4) is 0 Å². The fourth-order valence-corrected chi connectivity index (χ4v) is 2.38. The molecule has 0 radical (unpaired) electrons. The summed E-state index contributed by atoms with van der Waals surface area (Å²) in [6.45, 7) is 3.25. The van der Waals surface area contributed by atoms with Crippen molar-refractivity contribution >= 4 is 34.9 Å². The van der Waals surface area contributed by atoms with E-state index in [-0.39, 0.29) is 11.3 Å². The van der Waals surface area contributed by atoms with Gasteiger partial charge in [0.2, 0.25) is 0 Å². The fourth-order valence-electron chi connectivity index (χ4n) is 2.21. The zero-order valence-electron chi connectivity index (χ0n) is 14.8. The van der Waals surface area contributed by atoms with E-state index in [0.717, 1.165) is 11.6 Å². The molecule has 9 heteroatoms. The molecule has 2 rings (SSSR count). The third-order valence-corrected chi connectivity index (χ3v) is 3.94. The van der Waals surface area contributed by atoms with Crippen molar-refractivity contribution < 1.29 is 24.0 Å². The topological polar surface area (TPSA) is 108 Å². The number of benzene rings is 2. The summed E-state index contributed by atoms with van der Waals surface area (Å²) in [5.74, 6) is -1.36. The molecule has 1 atom stereocenters. The Bertz CT molecular complexity index is 899. The van der Waals surface area contributed by atoms with Crippen LogP contribution in [-0.2, 0) is 9.53 Å². The van der Waals surface area contributed by atoms with Crippen LogP contribution in [-0.4, -0.2) is 30.0 Å². The highest BCUT2D eigenvalue weighted by Gasteiger charge is 2.23. The molecule has 0 aliphatic heterocycles. The second-order valence-electron chi connectivity index (χ2n) is 5.64. The zero-order chi connectivity index (χ0) is 20.1. The third kappa shape index (κ3) is 4.95. The van der Waals surface area contributed by atoms with Crippen LogP contribution in [0.2, 0.25) is 5.02 Å². The van der Waals surface area contributed by atoms with Crippen LogP contribution >= 0.6 is 11.6 Å². The number of carbonyl (C=O) groups excluding carboxylic acids is 2. The van der Waals surface area contributed by atoms with Gasteiger partial charge in [-0.1, -0.05) is 17.7 Å². The van der Waals surface area contributed by atoms with E-state index >= 15 is 0 Å². The van der Waals surface area contributed by atoms with Crippen molar-refractivity contribution in [1.82, 2.24) is 0 Å². The Kier molecular flexibility index (Phi) is 6.36. The maximum absolute atomic E-state index is 12.4. The van der Waals surface area contributed by atoms with Crippen LogP contribution in [0.25, 0.3) is 0 Å². The molecule has 0 saturated carbocycles. The highest BCUT2D eigenvalue weighted by molar-refractivity contribution is 6.31. The molecule has 27 heavy (non-hydrogen) atoms. The molecule has 0 spiro atoms. The number of hydrogen-bond donors (Lipinski definition) is 1. The fraction of sp³-hybridized carbons (Fsp3) is 0.222. The maximum atomic E-state index is 12.4. The number of nitro benzene ring substituents is 1. The van der Waals surface area contributed by atoms with Crippen molar-refractivity contribution in [3.8, 4) is 5.75 Å². The summed E-state index contributed by atoms with van der Waals surface area (Å²) in [5.41, 5.74) is 0.867. The van der Waals surface area contributed by atoms with Gasteiger partial charge in [0.15, 0.2) is 11.9 Å². The molecule has 0 fully saturated rings. The van der Waals surface area contributed by atoms with Gasteiger partial charge in [0.05, 0.1) is 17.6 Å². The normalized spacial score (nSPS) is 11.4. The van der Waals surface area contributed by atoms with Crippen molar-refractivity contribution in [2.24, 2.45) is 0 Å².